The Kier molecular flexibility index (Phi) is 5.56. The minimum absolute atomic E-state index is 0.520. The maximum atomic E-state index is 5.45. The van der Waals surface area contributed by atoms with E-state index in [9.17, 15) is 0 Å². The molecule has 1 aromatic carbocycles. The molecule has 5 heteroatoms. The topological polar surface area (TPSA) is 43.0 Å². The Labute approximate surface area is 127 Å². The van der Waals surface area contributed by atoms with Crippen molar-refractivity contribution < 1.29 is 14.2 Å². The third kappa shape index (κ3) is 3.53. The van der Waals surface area contributed by atoms with E-state index in [0.29, 0.717) is 23.3 Å². The maximum absolute atomic E-state index is 5.45. The summed E-state index contributed by atoms with van der Waals surface area (Å²) in [5.74, 6) is 2.05. The molecule has 1 heterocycles. The molecule has 0 spiro atoms. The van der Waals surface area contributed by atoms with E-state index in [2.05, 4.69) is 17.1 Å². The molecule has 0 saturated carbocycles. The molecule has 21 heavy (non-hydrogen) atoms. The van der Waals surface area contributed by atoms with Gasteiger partial charge in [0.05, 0.1) is 21.3 Å². The number of anilines is 1. The summed E-state index contributed by atoms with van der Waals surface area (Å²) in [5.41, 5.74) is 1.12. The summed E-state index contributed by atoms with van der Waals surface area (Å²) in [6.07, 6.45) is 2.26. The number of nitrogens with zero attached hydrogens (tertiary/aromatic N) is 1. The van der Waals surface area contributed by atoms with Crippen molar-refractivity contribution >= 4 is 5.69 Å². The third-order valence-electron chi connectivity index (χ3n) is 3.99. The Bertz CT molecular complexity index is 440. The Morgan fingerprint density at radius 2 is 1.81 bits per heavy atom. The van der Waals surface area contributed by atoms with Crippen LogP contribution in [-0.4, -0.2) is 47.0 Å². The van der Waals surface area contributed by atoms with Gasteiger partial charge in [-0.25, -0.2) is 0 Å². The highest BCUT2D eigenvalue weighted by molar-refractivity contribution is 5.63. The first-order valence-corrected chi connectivity index (χ1v) is 7.51. The van der Waals surface area contributed by atoms with Crippen LogP contribution in [0.3, 0.4) is 0 Å². The SMILES string of the molecule is CCC1CN(c2cc(OC)c(OC)c(OC)c2)CCCN1. The van der Waals surface area contributed by atoms with Crippen LogP contribution in [0.15, 0.2) is 12.1 Å². The predicted octanol–water partition coefficient (Wildman–Crippen LogP) is 2.29. The van der Waals surface area contributed by atoms with Crippen molar-refractivity contribution in [2.75, 3.05) is 45.9 Å². The van der Waals surface area contributed by atoms with Gasteiger partial charge in [0.15, 0.2) is 11.5 Å². The van der Waals surface area contributed by atoms with E-state index < -0.39 is 0 Å². The molecule has 118 valence electrons. The predicted molar refractivity (Wildman–Crippen MR) is 85.0 cm³/mol. The normalized spacial score (nSPS) is 19.0. The van der Waals surface area contributed by atoms with Crippen molar-refractivity contribution in [3.63, 3.8) is 0 Å². The Hall–Kier alpha value is -1.62. The van der Waals surface area contributed by atoms with Gasteiger partial charge in [-0.3, -0.25) is 0 Å². The number of benzene rings is 1. The quantitative estimate of drug-likeness (QED) is 0.902. The van der Waals surface area contributed by atoms with Crippen molar-refractivity contribution in [2.45, 2.75) is 25.8 Å². The monoisotopic (exact) mass is 294 g/mol. The number of hydrogen-bond donors (Lipinski definition) is 1. The molecule has 1 atom stereocenters. The summed E-state index contributed by atoms with van der Waals surface area (Å²) < 4.78 is 16.3. The standard InChI is InChI=1S/C16H26N2O3/c1-5-12-11-18(8-6-7-17-12)13-9-14(19-2)16(21-4)15(10-13)20-3/h9-10,12,17H,5-8,11H2,1-4H3. The lowest BCUT2D eigenvalue weighted by molar-refractivity contribution is 0.324. The summed E-state index contributed by atoms with van der Waals surface area (Å²) in [4.78, 5) is 2.39. The second-order valence-corrected chi connectivity index (χ2v) is 5.24. The van der Waals surface area contributed by atoms with E-state index in [1.54, 1.807) is 21.3 Å². The lowest BCUT2D eigenvalue weighted by atomic mass is 10.2. The number of rotatable bonds is 5. The molecule has 1 aromatic rings. The van der Waals surface area contributed by atoms with Crippen molar-refractivity contribution in [1.82, 2.24) is 5.32 Å². The van der Waals surface area contributed by atoms with Crippen molar-refractivity contribution in [3.05, 3.63) is 12.1 Å². The minimum atomic E-state index is 0.520. The molecule has 2 rings (SSSR count). The number of hydrogen-bond acceptors (Lipinski definition) is 5. The molecule has 1 saturated heterocycles. The van der Waals surface area contributed by atoms with E-state index >= 15 is 0 Å². The van der Waals surface area contributed by atoms with Crippen LogP contribution in [0.2, 0.25) is 0 Å². The van der Waals surface area contributed by atoms with Gasteiger partial charge in [-0.15, -0.1) is 0 Å². The molecule has 0 amide bonds. The smallest absolute Gasteiger partial charge is 0.203 e. The molecule has 0 radical (unpaired) electrons. The van der Waals surface area contributed by atoms with Gasteiger partial charge >= 0.3 is 0 Å². The molecule has 0 aromatic heterocycles. The molecule has 0 aliphatic carbocycles. The largest absolute Gasteiger partial charge is 0.493 e. The van der Waals surface area contributed by atoms with Gasteiger partial charge < -0.3 is 24.4 Å². The zero-order chi connectivity index (χ0) is 15.2. The van der Waals surface area contributed by atoms with E-state index in [0.717, 1.165) is 38.2 Å². The average Bonchev–Trinajstić information content (AvgIpc) is 2.78. The lowest BCUT2D eigenvalue weighted by Gasteiger charge is -2.27. The second kappa shape index (κ2) is 7.41. The van der Waals surface area contributed by atoms with Crippen LogP contribution in [0.25, 0.3) is 0 Å². The molecule has 5 nitrogen and oxygen atoms in total. The molecular weight excluding hydrogens is 268 g/mol. The molecular formula is C16H26N2O3. The van der Waals surface area contributed by atoms with E-state index in [1.165, 1.54) is 0 Å². The van der Waals surface area contributed by atoms with Gasteiger partial charge in [0.1, 0.15) is 0 Å². The first kappa shape index (κ1) is 15.8. The average molecular weight is 294 g/mol. The fraction of sp³-hybridized carbons (Fsp3) is 0.625. The summed E-state index contributed by atoms with van der Waals surface area (Å²) in [7, 11) is 4.93. The van der Waals surface area contributed by atoms with Crippen LogP contribution >= 0.6 is 0 Å². The minimum Gasteiger partial charge on any atom is -0.493 e. The van der Waals surface area contributed by atoms with E-state index in [4.69, 9.17) is 14.2 Å². The summed E-state index contributed by atoms with van der Waals surface area (Å²) in [6, 6.07) is 4.57. The number of nitrogens with one attached hydrogen (secondary N) is 1. The molecule has 1 aliphatic rings. The maximum Gasteiger partial charge on any atom is 0.203 e. The summed E-state index contributed by atoms with van der Waals surface area (Å²) in [5, 5.41) is 3.58. The van der Waals surface area contributed by atoms with Crippen molar-refractivity contribution in [3.8, 4) is 17.2 Å². The number of ether oxygens (including phenoxy) is 3. The summed E-state index contributed by atoms with van der Waals surface area (Å²) in [6.45, 7) is 5.31. The van der Waals surface area contributed by atoms with Gasteiger partial charge in [-0.2, -0.15) is 0 Å². The zero-order valence-corrected chi connectivity index (χ0v) is 13.4. The highest BCUT2D eigenvalue weighted by atomic mass is 16.5. The van der Waals surface area contributed by atoms with Gasteiger partial charge in [-0.05, 0) is 19.4 Å². The Morgan fingerprint density at radius 1 is 1.14 bits per heavy atom. The lowest BCUT2D eigenvalue weighted by Crippen LogP contribution is -2.37. The molecule has 1 unspecified atom stereocenters. The fourth-order valence-electron chi connectivity index (χ4n) is 2.76. The van der Waals surface area contributed by atoms with Crippen molar-refractivity contribution in [2.24, 2.45) is 0 Å². The van der Waals surface area contributed by atoms with Crippen LogP contribution in [0.5, 0.6) is 17.2 Å². The highest BCUT2D eigenvalue weighted by Crippen LogP contribution is 2.41. The van der Waals surface area contributed by atoms with Crippen LogP contribution in [0.1, 0.15) is 19.8 Å². The van der Waals surface area contributed by atoms with Crippen LogP contribution in [0.4, 0.5) is 5.69 Å². The zero-order valence-electron chi connectivity index (χ0n) is 13.4. The third-order valence-corrected chi connectivity index (χ3v) is 3.99. The fourth-order valence-corrected chi connectivity index (χ4v) is 2.76. The van der Waals surface area contributed by atoms with Crippen LogP contribution in [-0.2, 0) is 0 Å². The number of methoxy groups -OCH3 is 3. The van der Waals surface area contributed by atoms with E-state index in [1.807, 2.05) is 12.1 Å². The van der Waals surface area contributed by atoms with E-state index in [-0.39, 0.29) is 0 Å². The van der Waals surface area contributed by atoms with Crippen LogP contribution < -0.4 is 24.4 Å². The Morgan fingerprint density at radius 3 is 2.33 bits per heavy atom. The van der Waals surface area contributed by atoms with Gasteiger partial charge in [0.25, 0.3) is 0 Å². The molecule has 1 fully saturated rings. The van der Waals surface area contributed by atoms with Gasteiger partial charge in [0, 0.05) is 37.0 Å². The first-order valence-electron chi connectivity index (χ1n) is 7.51. The van der Waals surface area contributed by atoms with Gasteiger partial charge in [-0.1, -0.05) is 6.92 Å². The Balaban J connectivity index is 2.33. The second-order valence-electron chi connectivity index (χ2n) is 5.24. The first-order chi connectivity index (χ1) is 10.2. The van der Waals surface area contributed by atoms with Crippen LogP contribution in [0, 0.1) is 0 Å². The highest BCUT2D eigenvalue weighted by Gasteiger charge is 2.20. The van der Waals surface area contributed by atoms with Crippen molar-refractivity contribution in [1.29, 1.82) is 0 Å². The summed E-state index contributed by atoms with van der Waals surface area (Å²) >= 11 is 0. The molecule has 1 N–H and O–H groups in total. The molecule has 0 bridgehead atoms. The molecule has 1 aliphatic heterocycles. The van der Waals surface area contributed by atoms with Gasteiger partial charge in [0.2, 0.25) is 5.75 Å².